The normalized spacial score (nSPS) is 39.2. The molecule has 176 valence electrons. The minimum Gasteiger partial charge on any atom is -0.293 e. The number of hydrogen-bond acceptors (Lipinski definition) is 8. The van der Waals surface area contributed by atoms with Gasteiger partial charge in [0.2, 0.25) is 0 Å². The average molecular weight is 485 g/mol. The lowest BCUT2D eigenvalue weighted by Gasteiger charge is -2.69. The first-order valence-corrected chi connectivity index (χ1v) is 14.1. The minimum absolute atomic E-state index is 0.178. The molecule has 1 spiro atoms. The van der Waals surface area contributed by atoms with Gasteiger partial charge in [0.15, 0.2) is 11.6 Å². The van der Waals surface area contributed by atoms with Crippen molar-refractivity contribution in [3.8, 4) is 0 Å². The van der Waals surface area contributed by atoms with Gasteiger partial charge in [-0.1, -0.05) is 38.2 Å². The summed E-state index contributed by atoms with van der Waals surface area (Å²) in [5.41, 5.74) is -1.71. The van der Waals surface area contributed by atoms with Crippen LogP contribution in [-0.4, -0.2) is 54.1 Å². The Hall–Kier alpha value is -1.62. The number of rotatable bonds is 6. The van der Waals surface area contributed by atoms with E-state index in [0.717, 1.165) is 18.1 Å². The van der Waals surface area contributed by atoms with Crippen LogP contribution in [0.2, 0.25) is 0 Å². The summed E-state index contributed by atoms with van der Waals surface area (Å²) < 4.78 is 57.9. The van der Waals surface area contributed by atoms with E-state index in [9.17, 15) is 26.4 Å². The van der Waals surface area contributed by atoms with E-state index in [1.165, 1.54) is 0 Å². The van der Waals surface area contributed by atoms with Crippen molar-refractivity contribution in [3.63, 3.8) is 0 Å². The van der Waals surface area contributed by atoms with Crippen LogP contribution in [0.25, 0.3) is 0 Å². The molecular weight excluding hydrogens is 456 g/mol. The first-order valence-electron chi connectivity index (χ1n) is 10.4. The molecule has 10 heteroatoms. The lowest BCUT2D eigenvalue weighted by Crippen LogP contribution is -2.72. The Morgan fingerprint density at radius 1 is 0.969 bits per heavy atom. The Balaban J connectivity index is 1.89. The molecule has 3 fully saturated rings. The van der Waals surface area contributed by atoms with Crippen LogP contribution in [0.15, 0.2) is 36.0 Å². The lowest BCUT2D eigenvalue weighted by molar-refractivity contribution is -0.178. The van der Waals surface area contributed by atoms with E-state index >= 15 is 0 Å². The molecule has 0 radical (unpaired) electrons. The molecule has 8 nitrogen and oxygen atoms in total. The molecule has 0 heterocycles. The first-order chi connectivity index (χ1) is 14.6. The minimum atomic E-state index is -3.81. The fourth-order valence-corrected chi connectivity index (χ4v) is 7.88. The van der Waals surface area contributed by atoms with Gasteiger partial charge in [-0.15, -0.1) is 0 Å². The number of hydrogen-bond donors (Lipinski definition) is 0. The SMILES string of the molecule is C=C1C=C2C[C@]3(C1=O)C(=O)C(=C)C1[C@](C)(COS(C)(=O)=O)CCC[C@@]1(COS(C)(=O)=O)C23. The molecule has 0 N–H and O–H groups in total. The number of Topliss-reactive ketones (excluding diaryl/α,β-unsaturated/α-hetero) is 2. The molecule has 5 aliphatic carbocycles. The molecule has 5 rings (SSSR count). The summed E-state index contributed by atoms with van der Waals surface area (Å²) >= 11 is 0. The Kier molecular flexibility index (Phi) is 5.11. The first kappa shape index (κ1) is 23.5. The number of ketones is 2. The van der Waals surface area contributed by atoms with E-state index in [2.05, 4.69) is 13.2 Å². The van der Waals surface area contributed by atoms with Gasteiger partial charge in [-0.25, -0.2) is 0 Å². The van der Waals surface area contributed by atoms with Gasteiger partial charge in [0, 0.05) is 22.8 Å². The molecule has 0 aromatic carbocycles. The van der Waals surface area contributed by atoms with Crippen LogP contribution in [0.3, 0.4) is 0 Å². The third kappa shape index (κ3) is 3.21. The van der Waals surface area contributed by atoms with Gasteiger partial charge in [-0.05, 0) is 30.3 Å². The molecule has 0 amide bonds. The van der Waals surface area contributed by atoms with Crippen LogP contribution in [0.4, 0.5) is 0 Å². The van der Waals surface area contributed by atoms with Crippen molar-refractivity contribution < 1.29 is 34.8 Å². The molecular formula is C22H28O8S2. The van der Waals surface area contributed by atoms with Gasteiger partial charge < -0.3 is 0 Å². The molecule has 2 bridgehead atoms. The Labute approximate surface area is 189 Å². The Morgan fingerprint density at radius 3 is 2.16 bits per heavy atom. The highest BCUT2D eigenvalue weighted by Gasteiger charge is 2.76. The number of fused-ring (bicyclic) bond motifs is 3. The van der Waals surface area contributed by atoms with E-state index in [1.807, 2.05) is 6.92 Å². The van der Waals surface area contributed by atoms with Crippen molar-refractivity contribution in [2.24, 2.45) is 28.1 Å². The number of carbonyl (C=O) groups is 2. The summed E-state index contributed by atoms with van der Waals surface area (Å²) in [4.78, 5) is 26.9. The Bertz CT molecular complexity index is 1190. The molecule has 32 heavy (non-hydrogen) atoms. The molecule has 5 aliphatic rings. The van der Waals surface area contributed by atoms with Crippen LogP contribution in [0.1, 0.15) is 32.6 Å². The summed E-state index contributed by atoms with van der Waals surface area (Å²) in [6, 6.07) is 0. The van der Waals surface area contributed by atoms with Crippen molar-refractivity contribution in [3.05, 3.63) is 36.0 Å². The van der Waals surface area contributed by atoms with Crippen LogP contribution >= 0.6 is 0 Å². The van der Waals surface area contributed by atoms with Crippen LogP contribution in [0.5, 0.6) is 0 Å². The van der Waals surface area contributed by atoms with Crippen molar-refractivity contribution >= 4 is 31.8 Å². The van der Waals surface area contributed by atoms with Gasteiger partial charge >= 0.3 is 0 Å². The van der Waals surface area contributed by atoms with Crippen molar-refractivity contribution in [2.75, 3.05) is 25.7 Å². The third-order valence-corrected chi connectivity index (χ3v) is 8.92. The van der Waals surface area contributed by atoms with Gasteiger partial charge in [0.1, 0.15) is 5.41 Å². The predicted molar refractivity (Wildman–Crippen MR) is 116 cm³/mol. The highest BCUT2D eigenvalue weighted by Crippen LogP contribution is 2.74. The van der Waals surface area contributed by atoms with Gasteiger partial charge in [-0.2, -0.15) is 16.8 Å². The highest BCUT2D eigenvalue weighted by atomic mass is 32.2. The second-order valence-corrected chi connectivity index (χ2v) is 13.4. The fourth-order valence-electron chi connectivity index (χ4n) is 6.96. The molecule has 0 aromatic rings. The van der Waals surface area contributed by atoms with E-state index < -0.39 is 48.3 Å². The quantitative estimate of drug-likeness (QED) is 0.319. The van der Waals surface area contributed by atoms with E-state index in [0.29, 0.717) is 19.3 Å². The summed E-state index contributed by atoms with van der Waals surface area (Å²) in [6.45, 7) is 9.30. The second kappa shape index (κ2) is 6.94. The van der Waals surface area contributed by atoms with E-state index in [4.69, 9.17) is 8.37 Å². The zero-order chi connectivity index (χ0) is 23.9. The largest absolute Gasteiger partial charge is 0.293 e. The third-order valence-electron chi connectivity index (χ3n) is 7.83. The summed E-state index contributed by atoms with van der Waals surface area (Å²) in [5.74, 6) is -1.85. The second-order valence-electron chi connectivity index (χ2n) is 10.1. The molecule has 0 aromatic heterocycles. The van der Waals surface area contributed by atoms with Crippen molar-refractivity contribution in [2.45, 2.75) is 32.6 Å². The summed E-state index contributed by atoms with van der Waals surface area (Å²) in [5, 5.41) is 0. The van der Waals surface area contributed by atoms with Gasteiger partial charge in [0.05, 0.1) is 25.7 Å². The number of allylic oxidation sites excluding steroid dienone is 4. The van der Waals surface area contributed by atoms with Crippen molar-refractivity contribution in [1.29, 1.82) is 0 Å². The standard InChI is InChI=1S/C22H28O8S2/c1-13-9-15-10-22(18(13)23)17(15)21(12-30-32(5,27)28)8-6-7-20(3,11-29-31(4,25)26)16(21)14(2)19(22)24/h9,16-17H,1-2,6-8,10-12H2,3-5H3/t16?,17?,20-,21-,22-/m0/s1. The van der Waals surface area contributed by atoms with Gasteiger partial charge in [-0.3, -0.25) is 18.0 Å². The lowest BCUT2D eigenvalue weighted by atomic mass is 9.32. The van der Waals surface area contributed by atoms with E-state index in [1.54, 1.807) is 6.08 Å². The highest BCUT2D eigenvalue weighted by molar-refractivity contribution is 7.86. The monoisotopic (exact) mass is 484 g/mol. The molecule has 5 atom stereocenters. The summed E-state index contributed by atoms with van der Waals surface area (Å²) in [6.07, 6.45) is 5.59. The van der Waals surface area contributed by atoms with Crippen LogP contribution < -0.4 is 0 Å². The van der Waals surface area contributed by atoms with E-state index in [-0.39, 0.29) is 42.3 Å². The smallest absolute Gasteiger partial charge is 0.264 e. The predicted octanol–water partition coefficient (Wildman–Crippen LogP) is 1.94. The topological polar surface area (TPSA) is 121 Å². The average Bonchev–Trinajstić information content (AvgIpc) is 2.64. The maximum Gasteiger partial charge on any atom is 0.264 e. The van der Waals surface area contributed by atoms with Crippen LogP contribution in [-0.2, 0) is 38.2 Å². The Morgan fingerprint density at radius 2 is 1.56 bits per heavy atom. The summed E-state index contributed by atoms with van der Waals surface area (Å²) in [7, 11) is -7.56. The maximum atomic E-state index is 13.7. The number of carbonyl (C=O) groups excluding carboxylic acids is 2. The zero-order valence-corrected chi connectivity index (χ0v) is 20.1. The molecule has 2 unspecified atom stereocenters. The molecule has 0 aliphatic heterocycles. The molecule has 3 saturated carbocycles. The maximum absolute atomic E-state index is 13.7. The van der Waals surface area contributed by atoms with Crippen molar-refractivity contribution in [1.82, 2.24) is 0 Å². The molecule has 0 saturated heterocycles. The fraction of sp³-hybridized carbons (Fsp3) is 0.636. The van der Waals surface area contributed by atoms with Gasteiger partial charge in [0.25, 0.3) is 20.2 Å². The zero-order valence-electron chi connectivity index (χ0n) is 18.5. The van der Waals surface area contributed by atoms with Crippen LogP contribution in [0, 0.1) is 28.1 Å².